The molecule has 0 radical (unpaired) electrons. The highest BCUT2D eigenvalue weighted by atomic mass is 16.5. The molecule has 31 heavy (non-hydrogen) atoms. The maximum atomic E-state index is 12.7. The standard InChI is InChI=1S/C26H32N2O3/c29-25(23-11-10-20-6-4-5-9-22(20)18-23)12-13-26(30)27-24(21-7-2-1-3-8-21)19-28-14-16-31-17-15-28/h1-3,7-8,10-11,18,24H,4-6,9,12-17,19H2,(H,27,30). The van der Waals surface area contributed by atoms with Crippen molar-refractivity contribution in [3.05, 3.63) is 70.8 Å². The van der Waals surface area contributed by atoms with E-state index in [4.69, 9.17) is 4.74 Å². The van der Waals surface area contributed by atoms with Gasteiger partial charge >= 0.3 is 0 Å². The Morgan fingerprint density at radius 3 is 2.45 bits per heavy atom. The van der Waals surface area contributed by atoms with Gasteiger partial charge in [0.05, 0.1) is 19.3 Å². The molecule has 2 aliphatic rings. The average Bonchev–Trinajstić information content (AvgIpc) is 2.83. The Kier molecular flexibility index (Phi) is 7.49. The molecule has 2 aromatic carbocycles. The molecule has 1 unspecified atom stereocenters. The lowest BCUT2D eigenvalue weighted by molar-refractivity contribution is -0.122. The summed E-state index contributed by atoms with van der Waals surface area (Å²) >= 11 is 0. The fraction of sp³-hybridized carbons (Fsp3) is 0.462. The van der Waals surface area contributed by atoms with Crippen LogP contribution in [0.2, 0.25) is 0 Å². The number of ketones is 1. The number of rotatable bonds is 8. The van der Waals surface area contributed by atoms with E-state index in [1.54, 1.807) is 0 Å². The molecular formula is C26H32N2O3. The third-order valence-corrected chi connectivity index (χ3v) is 6.33. The minimum absolute atomic E-state index is 0.0490. The maximum Gasteiger partial charge on any atom is 0.220 e. The van der Waals surface area contributed by atoms with Crippen LogP contribution in [0.3, 0.4) is 0 Å². The van der Waals surface area contributed by atoms with Gasteiger partial charge in [0.15, 0.2) is 5.78 Å². The van der Waals surface area contributed by atoms with Gasteiger partial charge in [-0.25, -0.2) is 0 Å². The van der Waals surface area contributed by atoms with Crippen LogP contribution in [0.25, 0.3) is 0 Å². The van der Waals surface area contributed by atoms with Crippen LogP contribution in [-0.4, -0.2) is 49.4 Å². The third-order valence-electron chi connectivity index (χ3n) is 6.33. The second-order valence-electron chi connectivity index (χ2n) is 8.56. The zero-order chi connectivity index (χ0) is 21.5. The molecule has 5 nitrogen and oxygen atoms in total. The summed E-state index contributed by atoms with van der Waals surface area (Å²) < 4.78 is 5.44. The van der Waals surface area contributed by atoms with Crippen molar-refractivity contribution in [3.8, 4) is 0 Å². The summed E-state index contributed by atoms with van der Waals surface area (Å²) in [5, 5.41) is 3.16. The number of carbonyl (C=O) groups is 2. The summed E-state index contributed by atoms with van der Waals surface area (Å²) in [6, 6.07) is 16.0. The van der Waals surface area contributed by atoms with E-state index in [2.05, 4.69) is 16.3 Å². The summed E-state index contributed by atoms with van der Waals surface area (Å²) in [5.41, 5.74) is 4.50. The SMILES string of the molecule is O=C(CCC(=O)c1ccc2c(c1)CCCC2)NC(CN1CCOCC1)c1ccccc1. The predicted molar refractivity (Wildman–Crippen MR) is 121 cm³/mol. The molecule has 4 rings (SSSR count). The first-order valence-electron chi connectivity index (χ1n) is 11.5. The van der Waals surface area contributed by atoms with Gasteiger partial charge in [-0.05, 0) is 48.4 Å². The molecule has 1 atom stereocenters. The van der Waals surface area contributed by atoms with Crippen molar-refractivity contribution in [1.29, 1.82) is 0 Å². The molecule has 1 saturated heterocycles. The summed E-state index contributed by atoms with van der Waals surface area (Å²) in [6.07, 6.45) is 5.03. The molecule has 164 valence electrons. The zero-order valence-corrected chi connectivity index (χ0v) is 18.1. The Morgan fingerprint density at radius 1 is 0.935 bits per heavy atom. The Bertz CT molecular complexity index is 891. The second kappa shape index (κ2) is 10.7. The largest absolute Gasteiger partial charge is 0.379 e. The average molecular weight is 421 g/mol. The molecule has 1 heterocycles. The van der Waals surface area contributed by atoms with Gasteiger partial charge in [0.2, 0.25) is 5.91 Å². The number of nitrogens with one attached hydrogen (secondary N) is 1. The van der Waals surface area contributed by atoms with Gasteiger partial charge in [-0.2, -0.15) is 0 Å². The van der Waals surface area contributed by atoms with Crippen LogP contribution in [-0.2, 0) is 22.4 Å². The fourth-order valence-corrected chi connectivity index (χ4v) is 4.51. The van der Waals surface area contributed by atoms with Crippen LogP contribution < -0.4 is 5.32 Å². The monoisotopic (exact) mass is 420 g/mol. The first-order chi connectivity index (χ1) is 15.2. The lowest BCUT2D eigenvalue weighted by Gasteiger charge is -2.31. The van der Waals surface area contributed by atoms with Gasteiger partial charge in [0.1, 0.15) is 0 Å². The highest BCUT2D eigenvalue weighted by Crippen LogP contribution is 2.23. The number of nitrogens with zero attached hydrogens (tertiary/aromatic N) is 1. The highest BCUT2D eigenvalue weighted by molar-refractivity contribution is 5.98. The molecule has 1 aliphatic carbocycles. The van der Waals surface area contributed by atoms with Gasteiger partial charge in [-0.3, -0.25) is 14.5 Å². The number of carbonyl (C=O) groups excluding carboxylic acids is 2. The van der Waals surface area contributed by atoms with Crippen molar-refractivity contribution in [1.82, 2.24) is 10.2 Å². The number of fused-ring (bicyclic) bond motifs is 1. The molecular weight excluding hydrogens is 388 g/mol. The van der Waals surface area contributed by atoms with Crippen LogP contribution in [0.4, 0.5) is 0 Å². The number of morpholine rings is 1. The minimum atomic E-state index is -0.0920. The lowest BCUT2D eigenvalue weighted by Crippen LogP contribution is -2.43. The molecule has 0 bridgehead atoms. The number of benzene rings is 2. The number of aryl methyl sites for hydroxylation is 2. The third kappa shape index (κ3) is 6.02. The molecule has 5 heteroatoms. The van der Waals surface area contributed by atoms with E-state index in [0.29, 0.717) is 0 Å². The molecule has 0 spiro atoms. The van der Waals surface area contributed by atoms with Crippen LogP contribution in [0.5, 0.6) is 0 Å². The Labute approximate surface area is 184 Å². The van der Waals surface area contributed by atoms with E-state index in [0.717, 1.165) is 56.8 Å². The quantitative estimate of drug-likeness (QED) is 0.662. The summed E-state index contributed by atoms with van der Waals surface area (Å²) in [5.74, 6) is -0.0265. The topological polar surface area (TPSA) is 58.6 Å². The molecule has 1 amide bonds. The normalized spacial score (nSPS) is 17.5. The Balaban J connectivity index is 1.34. The van der Waals surface area contributed by atoms with E-state index in [9.17, 15) is 9.59 Å². The van der Waals surface area contributed by atoms with Crippen molar-refractivity contribution in [2.24, 2.45) is 0 Å². The van der Waals surface area contributed by atoms with Crippen LogP contribution in [0.15, 0.2) is 48.5 Å². The molecule has 0 aromatic heterocycles. The summed E-state index contributed by atoms with van der Waals surface area (Å²) in [6.45, 7) is 3.94. The first-order valence-corrected chi connectivity index (χ1v) is 11.5. The highest BCUT2D eigenvalue weighted by Gasteiger charge is 2.21. The number of hydrogen-bond acceptors (Lipinski definition) is 4. The Morgan fingerprint density at radius 2 is 1.68 bits per heavy atom. The van der Waals surface area contributed by atoms with Crippen LogP contribution >= 0.6 is 0 Å². The van der Waals surface area contributed by atoms with Crippen molar-refractivity contribution in [3.63, 3.8) is 0 Å². The molecule has 1 fully saturated rings. The van der Waals surface area contributed by atoms with E-state index in [1.807, 2.05) is 42.5 Å². The van der Waals surface area contributed by atoms with Crippen molar-refractivity contribution >= 4 is 11.7 Å². The smallest absolute Gasteiger partial charge is 0.220 e. The summed E-state index contributed by atoms with van der Waals surface area (Å²) in [7, 11) is 0. The van der Waals surface area contributed by atoms with Gasteiger partial charge in [0, 0.05) is 38.0 Å². The molecule has 1 N–H and O–H groups in total. The Hall–Kier alpha value is -2.50. The van der Waals surface area contributed by atoms with E-state index >= 15 is 0 Å². The van der Waals surface area contributed by atoms with E-state index < -0.39 is 0 Å². The molecule has 2 aromatic rings. The van der Waals surface area contributed by atoms with Gasteiger partial charge < -0.3 is 10.1 Å². The van der Waals surface area contributed by atoms with Crippen molar-refractivity contribution < 1.29 is 14.3 Å². The predicted octanol–water partition coefficient (Wildman–Crippen LogP) is 3.72. The zero-order valence-electron chi connectivity index (χ0n) is 18.1. The second-order valence-corrected chi connectivity index (χ2v) is 8.56. The van der Waals surface area contributed by atoms with E-state index in [1.165, 1.54) is 24.0 Å². The number of ether oxygens (including phenoxy) is 1. The number of amides is 1. The van der Waals surface area contributed by atoms with Gasteiger partial charge in [-0.15, -0.1) is 0 Å². The molecule has 1 aliphatic heterocycles. The lowest BCUT2D eigenvalue weighted by atomic mass is 9.89. The fourth-order valence-electron chi connectivity index (χ4n) is 4.51. The van der Waals surface area contributed by atoms with Crippen LogP contribution in [0, 0.1) is 0 Å². The van der Waals surface area contributed by atoms with Gasteiger partial charge in [-0.1, -0.05) is 42.5 Å². The maximum absolute atomic E-state index is 12.7. The minimum Gasteiger partial charge on any atom is -0.379 e. The van der Waals surface area contributed by atoms with Crippen LogP contribution in [0.1, 0.15) is 58.8 Å². The van der Waals surface area contributed by atoms with Crippen molar-refractivity contribution in [2.45, 2.75) is 44.6 Å². The number of hydrogen-bond donors (Lipinski definition) is 1. The van der Waals surface area contributed by atoms with E-state index in [-0.39, 0.29) is 30.6 Å². The summed E-state index contributed by atoms with van der Waals surface area (Å²) in [4.78, 5) is 27.8. The number of Topliss-reactive ketones (excluding diaryl/α,β-unsaturated/α-hetero) is 1. The van der Waals surface area contributed by atoms with Gasteiger partial charge in [0.25, 0.3) is 0 Å². The first kappa shape index (κ1) is 21.7. The van der Waals surface area contributed by atoms with Crippen molar-refractivity contribution in [2.75, 3.05) is 32.8 Å². The molecule has 0 saturated carbocycles.